The van der Waals surface area contributed by atoms with E-state index in [9.17, 15) is 9.59 Å². The quantitative estimate of drug-likeness (QED) is 0.275. The summed E-state index contributed by atoms with van der Waals surface area (Å²) in [4.78, 5) is 35.9. The van der Waals surface area contributed by atoms with Crippen molar-refractivity contribution in [1.29, 1.82) is 0 Å². The number of allylic oxidation sites excluding steroid dienone is 2. The summed E-state index contributed by atoms with van der Waals surface area (Å²) in [5.41, 5.74) is 13.9. The van der Waals surface area contributed by atoms with Gasteiger partial charge in [0.25, 0.3) is 0 Å². The lowest BCUT2D eigenvalue weighted by Gasteiger charge is -2.65. The SMILES string of the molecule is CC.CC1(C)CCC2(C)CCC3C(C(=O)C=C4C3(C)CCC3C(C)(N)C(=O)/C(=C\N)CC43C)C2C1.CC=O. The fraction of sp³-hybridized carbons (Fsp3) is 0.788. The Bertz CT molecular complexity index is 1020. The molecule has 0 aliphatic heterocycles. The standard InChI is InChI=1S/C29H44N2O2.C2H4O.C2H6/c1-25(2)11-12-26(3)9-7-18-23(19(26)15-25)20(32)13-22-27(18,4)10-8-21-28(22,5)14-17(16-30)24(33)29(21,6)31;1-2-3;1-2/h13,16,18-19,21,23H,7-12,14-15,30-31H2,1-6H3;2H,1H3;1-2H3/b17-16-;;. The third-order valence-corrected chi connectivity index (χ3v) is 11.6. The van der Waals surface area contributed by atoms with Crippen LogP contribution in [-0.4, -0.2) is 23.4 Å². The maximum absolute atomic E-state index is 14.0. The molecule has 0 aromatic carbocycles. The van der Waals surface area contributed by atoms with Crippen molar-refractivity contribution in [3.63, 3.8) is 0 Å². The van der Waals surface area contributed by atoms with Crippen molar-refractivity contribution in [3.05, 3.63) is 23.4 Å². The van der Waals surface area contributed by atoms with Gasteiger partial charge in [0.05, 0.1) is 5.54 Å². The first kappa shape index (κ1) is 30.8. The minimum atomic E-state index is -0.946. The van der Waals surface area contributed by atoms with E-state index in [0.29, 0.717) is 35.0 Å². The second-order valence-electron chi connectivity index (χ2n) is 14.4. The summed E-state index contributed by atoms with van der Waals surface area (Å²) in [5.74, 6) is 1.36. The van der Waals surface area contributed by atoms with Gasteiger partial charge in [0.15, 0.2) is 11.6 Å². The number of hydrogen-bond donors (Lipinski definition) is 2. The largest absolute Gasteiger partial charge is 0.404 e. The molecule has 8 atom stereocenters. The molecular weight excluding hydrogens is 472 g/mol. The number of carbonyl (C=O) groups excluding carboxylic acids is 3. The molecule has 0 aromatic rings. The second kappa shape index (κ2) is 10.3. The molecule has 214 valence electrons. The number of Topliss-reactive ketones (excluding diaryl/α,β-unsaturated/α-hetero) is 1. The topological polar surface area (TPSA) is 103 Å². The average Bonchev–Trinajstić information content (AvgIpc) is 2.85. The van der Waals surface area contributed by atoms with E-state index in [-0.39, 0.29) is 33.9 Å². The molecule has 0 radical (unpaired) electrons. The molecule has 8 unspecified atom stereocenters. The van der Waals surface area contributed by atoms with Crippen LogP contribution in [0.25, 0.3) is 0 Å². The average molecular weight is 527 g/mol. The minimum absolute atomic E-state index is 0.0110. The Hall–Kier alpha value is -1.75. The van der Waals surface area contributed by atoms with Crippen molar-refractivity contribution < 1.29 is 14.4 Å². The van der Waals surface area contributed by atoms with Gasteiger partial charge < -0.3 is 16.3 Å². The number of aldehydes is 1. The first-order chi connectivity index (χ1) is 17.6. The number of ketones is 2. The normalized spacial score (nSPS) is 45.9. The van der Waals surface area contributed by atoms with Crippen LogP contribution in [0.15, 0.2) is 23.4 Å². The highest BCUT2D eigenvalue weighted by Crippen LogP contribution is 2.70. The van der Waals surface area contributed by atoms with E-state index in [1.54, 1.807) is 0 Å². The Balaban J connectivity index is 0.000000748. The number of fused-ring (bicyclic) bond motifs is 7. The van der Waals surface area contributed by atoms with Crippen LogP contribution in [0.5, 0.6) is 0 Å². The number of nitrogens with two attached hydrogens (primary N) is 2. The fourth-order valence-electron chi connectivity index (χ4n) is 9.67. The van der Waals surface area contributed by atoms with E-state index in [1.807, 2.05) is 26.8 Å². The molecule has 4 saturated carbocycles. The van der Waals surface area contributed by atoms with Gasteiger partial charge in [-0.05, 0) is 111 Å². The zero-order valence-electron chi connectivity index (χ0n) is 25.6. The summed E-state index contributed by atoms with van der Waals surface area (Å²) in [7, 11) is 0. The van der Waals surface area contributed by atoms with Gasteiger partial charge in [-0.3, -0.25) is 9.59 Å². The first-order valence-electron chi connectivity index (χ1n) is 15.0. The molecule has 5 aliphatic rings. The van der Waals surface area contributed by atoms with Crippen LogP contribution in [0.3, 0.4) is 0 Å². The van der Waals surface area contributed by atoms with Gasteiger partial charge in [-0.15, -0.1) is 0 Å². The van der Waals surface area contributed by atoms with Crippen LogP contribution in [0.2, 0.25) is 0 Å². The summed E-state index contributed by atoms with van der Waals surface area (Å²) in [6.45, 7) is 19.2. The molecule has 0 bridgehead atoms. The van der Waals surface area contributed by atoms with E-state index < -0.39 is 5.54 Å². The lowest BCUT2D eigenvalue weighted by molar-refractivity contribution is -0.146. The van der Waals surface area contributed by atoms with Crippen molar-refractivity contribution in [3.8, 4) is 0 Å². The zero-order valence-corrected chi connectivity index (χ0v) is 25.6. The van der Waals surface area contributed by atoms with Crippen molar-refractivity contribution >= 4 is 17.9 Å². The lowest BCUT2D eigenvalue weighted by atomic mass is 9.38. The summed E-state index contributed by atoms with van der Waals surface area (Å²) >= 11 is 0. The summed E-state index contributed by atoms with van der Waals surface area (Å²) in [6.07, 6.45) is 12.8. The van der Waals surface area contributed by atoms with Gasteiger partial charge in [-0.25, -0.2) is 0 Å². The van der Waals surface area contributed by atoms with Gasteiger partial charge in [0.1, 0.15) is 6.29 Å². The highest BCUT2D eigenvalue weighted by atomic mass is 16.1. The Morgan fingerprint density at radius 2 is 1.50 bits per heavy atom. The van der Waals surface area contributed by atoms with E-state index in [1.165, 1.54) is 38.0 Å². The molecule has 5 nitrogen and oxygen atoms in total. The van der Waals surface area contributed by atoms with Gasteiger partial charge in [-0.1, -0.05) is 54.0 Å². The minimum Gasteiger partial charge on any atom is -0.404 e. The molecular formula is C33H54N2O3. The number of rotatable bonds is 0. The molecule has 0 saturated heterocycles. The van der Waals surface area contributed by atoms with Gasteiger partial charge in [-0.2, -0.15) is 0 Å². The van der Waals surface area contributed by atoms with E-state index in [2.05, 4.69) is 34.6 Å². The highest BCUT2D eigenvalue weighted by Gasteiger charge is 2.66. The van der Waals surface area contributed by atoms with Crippen LogP contribution in [-0.2, 0) is 14.4 Å². The molecule has 5 aliphatic carbocycles. The number of hydrogen-bond acceptors (Lipinski definition) is 5. The van der Waals surface area contributed by atoms with Gasteiger partial charge in [0, 0.05) is 17.7 Å². The predicted molar refractivity (Wildman–Crippen MR) is 155 cm³/mol. The molecule has 5 heteroatoms. The molecule has 4 N–H and O–H groups in total. The summed E-state index contributed by atoms with van der Waals surface area (Å²) in [6, 6.07) is 0. The lowest BCUT2D eigenvalue weighted by Crippen LogP contribution is -2.66. The Labute approximate surface area is 231 Å². The van der Waals surface area contributed by atoms with Crippen LogP contribution in [0, 0.1) is 45.3 Å². The fourth-order valence-corrected chi connectivity index (χ4v) is 9.67. The Morgan fingerprint density at radius 3 is 2.08 bits per heavy atom. The molecule has 0 heterocycles. The van der Waals surface area contributed by atoms with Crippen LogP contribution >= 0.6 is 0 Å². The third-order valence-electron chi connectivity index (χ3n) is 11.6. The molecule has 0 aromatic heterocycles. The third kappa shape index (κ3) is 4.55. The van der Waals surface area contributed by atoms with E-state index in [4.69, 9.17) is 16.3 Å². The number of carbonyl (C=O) groups is 3. The van der Waals surface area contributed by atoms with Crippen molar-refractivity contribution in [2.24, 2.45) is 56.8 Å². The summed E-state index contributed by atoms with van der Waals surface area (Å²) in [5, 5.41) is 0. The maximum atomic E-state index is 14.0. The second-order valence-corrected chi connectivity index (χ2v) is 14.4. The van der Waals surface area contributed by atoms with E-state index >= 15 is 0 Å². The van der Waals surface area contributed by atoms with Gasteiger partial charge in [0.2, 0.25) is 0 Å². The van der Waals surface area contributed by atoms with Crippen molar-refractivity contribution in [1.82, 2.24) is 0 Å². The molecule has 4 fully saturated rings. The molecule has 0 amide bonds. The van der Waals surface area contributed by atoms with Crippen LogP contribution in [0.1, 0.15) is 114 Å². The zero-order chi connectivity index (χ0) is 28.9. The predicted octanol–water partition coefficient (Wildman–Crippen LogP) is 6.54. The Kier molecular flexibility index (Phi) is 8.37. The molecule has 38 heavy (non-hydrogen) atoms. The van der Waals surface area contributed by atoms with E-state index in [0.717, 1.165) is 32.0 Å². The van der Waals surface area contributed by atoms with Crippen LogP contribution in [0.4, 0.5) is 0 Å². The smallest absolute Gasteiger partial charge is 0.180 e. The van der Waals surface area contributed by atoms with Crippen LogP contribution < -0.4 is 11.5 Å². The Morgan fingerprint density at radius 1 is 0.895 bits per heavy atom. The van der Waals surface area contributed by atoms with Crippen molar-refractivity contribution in [2.45, 2.75) is 119 Å². The molecule has 5 rings (SSSR count). The van der Waals surface area contributed by atoms with Gasteiger partial charge >= 0.3 is 0 Å². The van der Waals surface area contributed by atoms with Crippen molar-refractivity contribution in [2.75, 3.05) is 0 Å². The summed E-state index contributed by atoms with van der Waals surface area (Å²) < 4.78 is 0. The molecule has 0 spiro atoms. The highest BCUT2D eigenvalue weighted by molar-refractivity contribution is 6.04. The monoisotopic (exact) mass is 526 g/mol. The maximum Gasteiger partial charge on any atom is 0.180 e. The first-order valence-corrected chi connectivity index (χ1v) is 15.0.